The van der Waals surface area contributed by atoms with Crippen LogP contribution in [0, 0.1) is 5.92 Å². The van der Waals surface area contributed by atoms with Crippen molar-refractivity contribution in [1.82, 2.24) is 4.90 Å². The minimum atomic E-state index is -0.0931. The number of piperazine rings is 1. The molecular formula is C16H23N3O3. The first-order valence-corrected chi connectivity index (χ1v) is 7.48. The van der Waals surface area contributed by atoms with Gasteiger partial charge in [0.15, 0.2) is 0 Å². The molecule has 2 rings (SSSR count). The third-order valence-electron chi connectivity index (χ3n) is 3.79. The monoisotopic (exact) mass is 305 g/mol. The van der Waals surface area contributed by atoms with Crippen LogP contribution >= 0.6 is 0 Å². The van der Waals surface area contributed by atoms with Crippen molar-refractivity contribution >= 4 is 23.7 Å². The minimum Gasteiger partial charge on any atom is -0.495 e. The number of nitrogens with one attached hydrogen (secondary N) is 1. The number of hydrogen-bond donors (Lipinski definition) is 1. The lowest BCUT2D eigenvalue weighted by Gasteiger charge is -2.34. The van der Waals surface area contributed by atoms with E-state index < -0.39 is 0 Å². The molecule has 1 heterocycles. The van der Waals surface area contributed by atoms with E-state index in [0.29, 0.717) is 24.5 Å². The second-order valence-electron chi connectivity index (χ2n) is 5.66. The Labute approximate surface area is 131 Å². The van der Waals surface area contributed by atoms with Crippen LogP contribution in [0.4, 0.5) is 11.4 Å². The van der Waals surface area contributed by atoms with Gasteiger partial charge in [0.25, 0.3) is 0 Å². The normalized spacial score (nSPS) is 14.9. The number of rotatable bonds is 5. The molecule has 1 saturated heterocycles. The summed E-state index contributed by atoms with van der Waals surface area (Å²) in [5.74, 6) is 0.509. The zero-order valence-corrected chi connectivity index (χ0v) is 13.3. The summed E-state index contributed by atoms with van der Waals surface area (Å²) >= 11 is 0. The lowest BCUT2D eigenvalue weighted by Crippen LogP contribution is -2.45. The van der Waals surface area contributed by atoms with E-state index in [1.165, 1.54) is 0 Å². The Kier molecular flexibility index (Phi) is 5.25. The average Bonchev–Trinajstić information content (AvgIpc) is 2.54. The summed E-state index contributed by atoms with van der Waals surface area (Å²) in [5, 5.41) is 2.90. The van der Waals surface area contributed by atoms with Gasteiger partial charge in [0.05, 0.1) is 12.8 Å². The maximum absolute atomic E-state index is 11.9. The lowest BCUT2D eigenvalue weighted by atomic mass is 10.1. The lowest BCUT2D eigenvalue weighted by molar-refractivity contribution is -0.119. The average molecular weight is 305 g/mol. The highest BCUT2D eigenvalue weighted by Crippen LogP contribution is 2.30. The van der Waals surface area contributed by atoms with Gasteiger partial charge in [-0.25, -0.2) is 0 Å². The van der Waals surface area contributed by atoms with Crippen LogP contribution in [0.1, 0.15) is 13.8 Å². The van der Waals surface area contributed by atoms with Crippen molar-refractivity contribution in [3.63, 3.8) is 0 Å². The van der Waals surface area contributed by atoms with Crippen LogP contribution in [0.3, 0.4) is 0 Å². The van der Waals surface area contributed by atoms with E-state index in [4.69, 9.17) is 4.74 Å². The summed E-state index contributed by atoms with van der Waals surface area (Å²) in [4.78, 5) is 26.7. The maximum Gasteiger partial charge on any atom is 0.227 e. The Balaban J connectivity index is 2.16. The highest BCUT2D eigenvalue weighted by Gasteiger charge is 2.18. The van der Waals surface area contributed by atoms with Gasteiger partial charge >= 0.3 is 0 Å². The Hall–Kier alpha value is -2.24. The fourth-order valence-electron chi connectivity index (χ4n) is 2.35. The molecule has 6 nitrogen and oxygen atoms in total. The van der Waals surface area contributed by atoms with E-state index in [2.05, 4.69) is 10.2 Å². The molecule has 0 bridgehead atoms. The first-order valence-electron chi connectivity index (χ1n) is 7.48. The Bertz CT molecular complexity index is 537. The predicted molar refractivity (Wildman–Crippen MR) is 86.3 cm³/mol. The summed E-state index contributed by atoms with van der Waals surface area (Å²) in [5.41, 5.74) is 1.70. The second kappa shape index (κ2) is 7.15. The number of amides is 2. The zero-order chi connectivity index (χ0) is 16.1. The van der Waals surface area contributed by atoms with Crippen LogP contribution in [-0.4, -0.2) is 50.5 Å². The molecule has 0 unspecified atom stereocenters. The number of ether oxygens (including phenoxy) is 1. The zero-order valence-electron chi connectivity index (χ0n) is 13.3. The highest BCUT2D eigenvalue weighted by atomic mass is 16.5. The van der Waals surface area contributed by atoms with Gasteiger partial charge in [-0.1, -0.05) is 13.8 Å². The topological polar surface area (TPSA) is 61.9 Å². The van der Waals surface area contributed by atoms with Crippen molar-refractivity contribution in [2.24, 2.45) is 5.92 Å². The van der Waals surface area contributed by atoms with Crippen LogP contribution in [0.5, 0.6) is 5.75 Å². The van der Waals surface area contributed by atoms with Gasteiger partial charge in [-0.2, -0.15) is 0 Å². The first-order chi connectivity index (χ1) is 10.5. The minimum absolute atomic E-state index is 0.0405. The highest BCUT2D eigenvalue weighted by molar-refractivity contribution is 5.94. The molecule has 1 aromatic rings. The summed E-state index contributed by atoms with van der Waals surface area (Å²) in [6, 6.07) is 5.76. The molecule has 0 radical (unpaired) electrons. The van der Waals surface area contributed by atoms with E-state index >= 15 is 0 Å². The summed E-state index contributed by atoms with van der Waals surface area (Å²) in [6.45, 7) is 6.69. The Morgan fingerprint density at radius 3 is 2.50 bits per heavy atom. The van der Waals surface area contributed by atoms with Crippen molar-refractivity contribution < 1.29 is 14.3 Å². The van der Waals surface area contributed by atoms with Crippen LogP contribution in [-0.2, 0) is 9.59 Å². The van der Waals surface area contributed by atoms with Crippen molar-refractivity contribution in [1.29, 1.82) is 0 Å². The maximum atomic E-state index is 11.9. The molecular weight excluding hydrogens is 282 g/mol. The molecule has 1 aliphatic heterocycles. The van der Waals surface area contributed by atoms with E-state index in [1.807, 2.05) is 32.0 Å². The van der Waals surface area contributed by atoms with E-state index in [-0.39, 0.29) is 11.8 Å². The molecule has 120 valence electrons. The van der Waals surface area contributed by atoms with Gasteiger partial charge in [0.1, 0.15) is 5.75 Å². The molecule has 2 amide bonds. The molecule has 0 atom stereocenters. The molecule has 1 aromatic carbocycles. The standard InChI is InChI=1S/C16H23N3O3/c1-12(2)16(21)17-14-10-13(4-5-15(14)22-3)19-8-6-18(11-20)7-9-19/h4-5,10-12H,6-9H2,1-3H3,(H,17,21). The van der Waals surface area contributed by atoms with Gasteiger partial charge < -0.3 is 19.9 Å². The smallest absolute Gasteiger partial charge is 0.227 e. The van der Waals surface area contributed by atoms with Gasteiger partial charge in [-0.3, -0.25) is 9.59 Å². The second-order valence-corrected chi connectivity index (χ2v) is 5.66. The number of methoxy groups -OCH3 is 1. The Morgan fingerprint density at radius 1 is 1.27 bits per heavy atom. The molecule has 0 aromatic heterocycles. The van der Waals surface area contributed by atoms with E-state index in [0.717, 1.165) is 25.2 Å². The molecule has 1 fully saturated rings. The van der Waals surface area contributed by atoms with Crippen LogP contribution in [0.25, 0.3) is 0 Å². The third-order valence-corrected chi connectivity index (χ3v) is 3.79. The molecule has 22 heavy (non-hydrogen) atoms. The van der Waals surface area contributed by atoms with Crippen molar-refractivity contribution in [3.8, 4) is 5.75 Å². The van der Waals surface area contributed by atoms with Gasteiger partial charge in [0, 0.05) is 37.8 Å². The number of carbonyl (C=O) groups excluding carboxylic acids is 2. The van der Waals surface area contributed by atoms with Gasteiger partial charge in [-0.15, -0.1) is 0 Å². The van der Waals surface area contributed by atoms with E-state index in [9.17, 15) is 9.59 Å². The molecule has 6 heteroatoms. The van der Waals surface area contributed by atoms with Crippen LogP contribution in [0.15, 0.2) is 18.2 Å². The van der Waals surface area contributed by atoms with Gasteiger partial charge in [0.2, 0.25) is 12.3 Å². The van der Waals surface area contributed by atoms with Crippen molar-refractivity contribution in [2.75, 3.05) is 43.5 Å². The number of carbonyl (C=O) groups is 2. The summed E-state index contributed by atoms with van der Waals surface area (Å²) in [6.07, 6.45) is 0.889. The molecule has 0 saturated carbocycles. The van der Waals surface area contributed by atoms with E-state index in [1.54, 1.807) is 12.0 Å². The largest absolute Gasteiger partial charge is 0.495 e. The van der Waals surface area contributed by atoms with Crippen molar-refractivity contribution in [2.45, 2.75) is 13.8 Å². The van der Waals surface area contributed by atoms with Crippen molar-refractivity contribution in [3.05, 3.63) is 18.2 Å². The molecule has 1 aliphatic rings. The fraction of sp³-hybridized carbons (Fsp3) is 0.500. The molecule has 1 N–H and O–H groups in total. The fourth-order valence-corrected chi connectivity index (χ4v) is 2.35. The van der Waals surface area contributed by atoms with Gasteiger partial charge in [-0.05, 0) is 18.2 Å². The van der Waals surface area contributed by atoms with Crippen LogP contribution < -0.4 is 15.0 Å². The first kappa shape index (κ1) is 16.1. The van der Waals surface area contributed by atoms with Crippen LogP contribution in [0.2, 0.25) is 0 Å². The molecule has 0 aliphatic carbocycles. The third kappa shape index (κ3) is 3.69. The SMILES string of the molecule is COc1ccc(N2CCN(C=O)CC2)cc1NC(=O)C(C)C. The quantitative estimate of drug-likeness (QED) is 0.839. The number of anilines is 2. The summed E-state index contributed by atoms with van der Waals surface area (Å²) < 4.78 is 5.31. The predicted octanol–water partition coefficient (Wildman–Crippen LogP) is 1.57. The summed E-state index contributed by atoms with van der Waals surface area (Å²) in [7, 11) is 1.59. The number of hydrogen-bond acceptors (Lipinski definition) is 4. The number of nitrogens with zero attached hydrogens (tertiary/aromatic N) is 2. The molecule has 0 spiro atoms. The Morgan fingerprint density at radius 2 is 1.95 bits per heavy atom. The number of benzene rings is 1.